The minimum atomic E-state index is -0.611. The van der Waals surface area contributed by atoms with Gasteiger partial charge < -0.3 is 15.2 Å². The van der Waals surface area contributed by atoms with Gasteiger partial charge in [-0.1, -0.05) is 0 Å². The van der Waals surface area contributed by atoms with Crippen LogP contribution in [0.3, 0.4) is 0 Å². The van der Waals surface area contributed by atoms with Gasteiger partial charge in [0.1, 0.15) is 0 Å². The van der Waals surface area contributed by atoms with Crippen LogP contribution in [0.25, 0.3) is 0 Å². The van der Waals surface area contributed by atoms with Crippen LogP contribution in [0.4, 0.5) is 0 Å². The van der Waals surface area contributed by atoms with Crippen LogP contribution in [-0.2, 0) is 9.53 Å². The smallest absolute Gasteiger partial charge is 0.225 e. The van der Waals surface area contributed by atoms with Crippen molar-refractivity contribution in [3.05, 3.63) is 22.4 Å². The number of amides is 1. The van der Waals surface area contributed by atoms with Gasteiger partial charge in [0.15, 0.2) is 0 Å². The lowest BCUT2D eigenvalue weighted by atomic mass is 9.88. The number of hydrogen-bond donors (Lipinski definition) is 2. The van der Waals surface area contributed by atoms with Gasteiger partial charge in [0, 0.05) is 6.54 Å². The maximum absolute atomic E-state index is 12.0. The standard InChI is InChI=1S/C13H17NO3S/c15-11(8-3-4-18-7-8)6-14-13(16)10-5-9-1-2-12(10)17-9/h3-4,7,9-12,15H,1-2,5-6H2,(H,14,16). The summed E-state index contributed by atoms with van der Waals surface area (Å²) in [5.74, 6) is 0.00917. The Morgan fingerprint density at radius 3 is 3.11 bits per heavy atom. The summed E-state index contributed by atoms with van der Waals surface area (Å²) in [5, 5.41) is 16.5. The number of rotatable bonds is 4. The van der Waals surface area contributed by atoms with E-state index in [1.54, 1.807) is 11.3 Å². The first-order chi connectivity index (χ1) is 8.74. The molecule has 1 aromatic heterocycles. The third-order valence-electron chi connectivity index (χ3n) is 3.84. The highest BCUT2D eigenvalue weighted by molar-refractivity contribution is 7.07. The minimum Gasteiger partial charge on any atom is -0.387 e. The highest BCUT2D eigenvalue weighted by Crippen LogP contribution is 2.38. The first kappa shape index (κ1) is 12.1. The SMILES string of the molecule is O=C(NCC(O)c1ccsc1)C1CC2CCC1O2. The Balaban J connectivity index is 1.50. The molecule has 18 heavy (non-hydrogen) atoms. The lowest BCUT2D eigenvalue weighted by Gasteiger charge is -2.19. The van der Waals surface area contributed by atoms with Crippen LogP contribution in [0.5, 0.6) is 0 Å². The molecule has 0 saturated carbocycles. The second-order valence-electron chi connectivity index (χ2n) is 5.03. The number of ether oxygens (including phenoxy) is 1. The van der Waals surface area contributed by atoms with E-state index < -0.39 is 6.10 Å². The van der Waals surface area contributed by atoms with Crippen molar-refractivity contribution in [2.75, 3.05) is 6.54 Å². The molecule has 0 spiro atoms. The number of hydrogen-bond acceptors (Lipinski definition) is 4. The van der Waals surface area contributed by atoms with Gasteiger partial charge in [0.25, 0.3) is 0 Å². The van der Waals surface area contributed by atoms with Gasteiger partial charge in [0.2, 0.25) is 5.91 Å². The number of carbonyl (C=O) groups excluding carboxylic acids is 1. The molecule has 1 amide bonds. The van der Waals surface area contributed by atoms with Gasteiger partial charge in [-0.15, -0.1) is 0 Å². The van der Waals surface area contributed by atoms with Crippen LogP contribution in [0, 0.1) is 5.92 Å². The van der Waals surface area contributed by atoms with E-state index in [0.29, 0.717) is 0 Å². The molecule has 2 bridgehead atoms. The molecule has 0 aromatic carbocycles. The molecule has 2 aliphatic rings. The zero-order valence-corrected chi connectivity index (χ0v) is 10.9. The fraction of sp³-hybridized carbons (Fsp3) is 0.615. The predicted octanol–water partition coefficient (Wildman–Crippen LogP) is 1.47. The summed E-state index contributed by atoms with van der Waals surface area (Å²) in [5.41, 5.74) is 0.865. The normalized spacial score (nSPS) is 31.5. The molecule has 1 aromatic rings. The Morgan fingerprint density at radius 1 is 1.61 bits per heavy atom. The lowest BCUT2D eigenvalue weighted by Crippen LogP contribution is -2.38. The molecule has 4 nitrogen and oxygen atoms in total. The highest BCUT2D eigenvalue weighted by Gasteiger charge is 2.44. The fourth-order valence-electron chi connectivity index (χ4n) is 2.82. The monoisotopic (exact) mass is 267 g/mol. The number of carbonyl (C=O) groups is 1. The van der Waals surface area contributed by atoms with Crippen molar-refractivity contribution in [2.24, 2.45) is 5.92 Å². The van der Waals surface area contributed by atoms with Gasteiger partial charge in [-0.25, -0.2) is 0 Å². The Bertz CT molecular complexity index is 420. The van der Waals surface area contributed by atoms with Crippen molar-refractivity contribution in [3.8, 4) is 0 Å². The van der Waals surface area contributed by atoms with Gasteiger partial charge in [-0.05, 0) is 41.7 Å². The predicted molar refractivity (Wildman–Crippen MR) is 68.3 cm³/mol. The third kappa shape index (κ3) is 2.30. The molecular formula is C13H17NO3S. The second kappa shape index (κ2) is 4.99. The maximum atomic E-state index is 12.0. The first-order valence-corrected chi connectivity index (χ1v) is 7.31. The van der Waals surface area contributed by atoms with Crippen LogP contribution in [0.2, 0.25) is 0 Å². The summed E-state index contributed by atoms with van der Waals surface area (Å²) in [6, 6.07) is 1.88. The van der Waals surface area contributed by atoms with E-state index >= 15 is 0 Å². The molecule has 0 radical (unpaired) electrons. The van der Waals surface area contributed by atoms with Crippen LogP contribution in [0.15, 0.2) is 16.8 Å². The zero-order chi connectivity index (χ0) is 12.5. The van der Waals surface area contributed by atoms with E-state index in [4.69, 9.17) is 4.74 Å². The molecule has 3 heterocycles. The van der Waals surface area contributed by atoms with Crippen molar-refractivity contribution in [1.82, 2.24) is 5.32 Å². The average molecular weight is 267 g/mol. The van der Waals surface area contributed by atoms with E-state index in [1.165, 1.54) is 0 Å². The maximum Gasteiger partial charge on any atom is 0.225 e. The highest BCUT2D eigenvalue weighted by atomic mass is 32.1. The Hall–Kier alpha value is -0.910. The Kier molecular flexibility index (Phi) is 3.37. The molecule has 5 heteroatoms. The number of nitrogens with one attached hydrogen (secondary N) is 1. The third-order valence-corrected chi connectivity index (χ3v) is 4.54. The summed E-state index contributed by atoms with van der Waals surface area (Å²) in [6.07, 6.45) is 2.70. The molecule has 98 valence electrons. The van der Waals surface area contributed by atoms with Crippen LogP contribution in [0.1, 0.15) is 30.9 Å². The average Bonchev–Trinajstić information content (AvgIpc) is 3.09. The summed E-state index contributed by atoms with van der Waals surface area (Å²) in [6.45, 7) is 0.281. The Labute approximate surface area is 110 Å². The van der Waals surface area contributed by atoms with Crippen molar-refractivity contribution >= 4 is 17.2 Å². The van der Waals surface area contributed by atoms with E-state index in [2.05, 4.69) is 5.32 Å². The number of aliphatic hydroxyl groups excluding tert-OH is 1. The molecule has 2 fully saturated rings. The lowest BCUT2D eigenvalue weighted by molar-refractivity contribution is -0.127. The molecule has 2 aliphatic heterocycles. The van der Waals surface area contributed by atoms with Gasteiger partial charge in [-0.2, -0.15) is 11.3 Å². The molecule has 4 unspecified atom stereocenters. The van der Waals surface area contributed by atoms with Crippen molar-refractivity contribution in [1.29, 1.82) is 0 Å². The van der Waals surface area contributed by atoms with Gasteiger partial charge in [-0.3, -0.25) is 4.79 Å². The zero-order valence-electron chi connectivity index (χ0n) is 10.0. The minimum absolute atomic E-state index is 0.0153. The topological polar surface area (TPSA) is 58.6 Å². The van der Waals surface area contributed by atoms with Gasteiger partial charge in [0.05, 0.1) is 24.2 Å². The molecule has 4 atom stereocenters. The first-order valence-electron chi connectivity index (χ1n) is 6.37. The van der Waals surface area contributed by atoms with Gasteiger partial charge >= 0.3 is 0 Å². The summed E-state index contributed by atoms with van der Waals surface area (Å²) < 4.78 is 5.66. The van der Waals surface area contributed by atoms with E-state index in [1.807, 2.05) is 16.8 Å². The summed E-state index contributed by atoms with van der Waals surface area (Å²) in [7, 11) is 0. The van der Waals surface area contributed by atoms with Crippen molar-refractivity contribution in [3.63, 3.8) is 0 Å². The van der Waals surface area contributed by atoms with Crippen LogP contribution in [-0.4, -0.2) is 29.8 Å². The summed E-state index contributed by atoms with van der Waals surface area (Å²) >= 11 is 1.54. The molecule has 2 saturated heterocycles. The Morgan fingerprint density at radius 2 is 2.50 bits per heavy atom. The molecule has 2 N–H and O–H groups in total. The summed E-state index contributed by atoms with van der Waals surface area (Å²) in [4.78, 5) is 12.0. The van der Waals surface area contributed by atoms with Crippen LogP contribution < -0.4 is 5.32 Å². The van der Waals surface area contributed by atoms with Crippen molar-refractivity contribution < 1.29 is 14.6 Å². The number of fused-ring (bicyclic) bond motifs is 2. The second-order valence-corrected chi connectivity index (χ2v) is 5.81. The fourth-order valence-corrected chi connectivity index (χ4v) is 3.53. The van der Waals surface area contributed by atoms with Crippen molar-refractivity contribution in [2.45, 2.75) is 37.6 Å². The largest absolute Gasteiger partial charge is 0.387 e. The molecule has 0 aliphatic carbocycles. The van der Waals surface area contributed by atoms with Crippen LogP contribution >= 0.6 is 11.3 Å². The quantitative estimate of drug-likeness (QED) is 0.868. The van der Waals surface area contributed by atoms with E-state index in [0.717, 1.165) is 24.8 Å². The molecule has 3 rings (SSSR count). The van der Waals surface area contributed by atoms with E-state index in [-0.39, 0.29) is 30.6 Å². The molecular weight excluding hydrogens is 250 g/mol. The number of aliphatic hydroxyl groups is 1. The van der Waals surface area contributed by atoms with E-state index in [9.17, 15) is 9.90 Å². The number of thiophene rings is 1.